The fourth-order valence-electron chi connectivity index (χ4n) is 2.60. The van der Waals surface area contributed by atoms with Gasteiger partial charge in [-0.15, -0.1) is 24.0 Å². The van der Waals surface area contributed by atoms with Crippen LogP contribution in [0.5, 0.6) is 0 Å². The Kier molecular flexibility index (Phi) is 10.6. The van der Waals surface area contributed by atoms with Crippen LogP contribution in [0.25, 0.3) is 0 Å². The Bertz CT molecular complexity index is 869. The number of hydrogen-bond acceptors (Lipinski definition) is 3. The van der Waals surface area contributed by atoms with Crippen molar-refractivity contribution < 1.29 is 8.42 Å². The number of nitrogens with zero attached hydrogens (tertiary/aromatic N) is 2. The molecule has 2 aromatic carbocycles. The molecule has 0 unspecified atom stereocenters. The van der Waals surface area contributed by atoms with Crippen LogP contribution in [-0.4, -0.2) is 45.4 Å². The molecule has 0 spiro atoms. The zero-order valence-corrected chi connectivity index (χ0v) is 20.6. The first-order chi connectivity index (χ1) is 13.3. The maximum Gasteiger partial charge on any atom is 0.243 e. The summed E-state index contributed by atoms with van der Waals surface area (Å²) in [7, 11) is -0.123. The van der Waals surface area contributed by atoms with E-state index in [0.717, 1.165) is 18.5 Å². The van der Waals surface area contributed by atoms with E-state index in [1.807, 2.05) is 44.2 Å². The average Bonchev–Trinajstić information content (AvgIpc) is 2.71. The molecule has 6 nitrogen and oxygen atoms in total. The lowest BCUT2D eigenvalue weighted by atomic mass is 10.1. The monoisotopic (exact) mass is 530 g/mol. The molecule has 2 rings (SSSR count). The van der Waals surface area contributed by atoms with Crippen molar-refractivity contribution in [1.29, 1.82) is 0 Å². The van der Waals surface area contributed by atoms with E-state index in [2.05, 4.69) is 27.8 Å². The fraction of sp³-hybridized carbons (Fsp3) is 0.381. The molecule has 0 saturated heterocycles. The Balaban J connectivity index is 0.00000420. The third kappa shape index (κ3) is 7.60. The van der Waals surface area contributed by atoms with Crippen molar-refractivity contribution in [2.24, 2.45) is 4.99 Å². The molecule has 0 bridgehead atoms. The van der Waals surface area contributed by atoms with Crippen molar-refractivity contribution >= 4 is 40.0 Å². The standard InChI is InChI=1S/C21H30N4O2S.HI/c1-17(2)25(4)28(26,27)20-12-10-19(11-13-20)16-24-21(22-3)23-15-14-18-8-6-5-7-9-18;/h5-13,17H,14-16H2,1-4H3,(H2,22,23,24);1H. The van der Waals surface area contributed by atoms with Crippen LogP contribution in [0.15, 0.2) is 64.5 Å². The number of benzene rings is 2. The van der Waals surface area contributed by atoms with E-state index in [1.54, 1.807) is 26.2 Å². The van der Waals surface area contributed by atoms with Gasteiger partial charge in [-0.3, -0.25) is 4.99 Å². The number of halogens is 1. The smallest absolute Gasteiger partial charge is 0.243 e. The summed E-state index contributed by atoms with van der Waals surface area (Å²) in [5.41, 5.74) is 2.26. The van der Waals surface area contributed by atoms with Gasteiger partial charge >= 0.3 is 0 Å². The summed E-state index contributed by atoms with van der Waals surface area (Å²) in [4.78, 5) is 4.53. The van der Waals surface area contributed by atoms with E-state index in [4.69, 9.17) is 0 Å². The molecule has 0 aliphatic rings. The number of sulfonamides is 1. The number of rotatable bonds is 8. The van der Waals surface area contributed by atoms with Gasteiger partial charge in [0.25, 0.3) is 0 Å². The maximum atomic E-state index is 12.5. The molecule has 0 aliphatic carbocycles. The van der Waals surface area contributed by atoms with Crippen molar-refractivity contribution in [3.8, 4) is 0 Å². The van der Waals surface area contributed by atoms with Crippen LogP contribution in [0.4, 0.5) is 0 Å². The lowest BCUT2D eigenvalue weighted by molar-refractivity contribution is 0.410. The molecule has 2 aromatic rings. The van der Waals surface area contributed by atoms with E-state index in [-0.39, 0.29) is 30.0 Å². The van der Waals surface area contributed by atoms with E-state index in [0.29, 0.717) is 17.4 Å². The van der Waals surface area contributed by atoms with Crippen LogP contribution < -0.4 is 10.6 Å². The fourth-order valence-corrected chi connectivity index (χ4v) is 3.97. The van der Waals surface area contributed by atoms with Gasteiger partial charge in [0.2, 0.25) is 10.0 Å². The summed E-state index contributed by atoms with van der Waals surface area (Å²) in [5.74, 6) is 0.715. The van der Waals surface area contributed by atoms with Crippen molar-refractivity contribution in [3.63, 3.8) is 0 Å². The van der Waals surface area contributed by atoms with Gasteiger partial charge in [-0.1, -0.05) is 42.5 Å². The van der Waals surface area contributed by atoms with Gasteiger partial charge < -0.3 is 10.6 Å². The van der Waals surface area contributed by atoms with Crippen molar-refractivity contribution in [2.75, 3.05) is 20.6 Å². The number of hydrogen-bond donors (Lipinski definition) is 2. The lowest BCUT2D eigenvalue weighted by Gasteiger charge is -2.21. The van der Waals surface area contributed by atoms with Crippen LogP contribution in [0.1, 0.15) is 25.0 Å². The number of aliphatic imine (C=N–C) groups is 1. The molecular formula is C21H31IN4O2S. The highest BCUT2D eigenvalue weighted by Crippen LogP contribution is 2.17. The number of guanidine groups is 1. The molecule has 2 N–H and O–H groups in total. The normalized spacial score (nSPS) is 12.0. The Labute approximate surface area is 191 Å². The molecule has 0 atom stereocenters. The van der Waals surface area contributed by atoms with Gasteiger partial charge in [0.05, 0.1) is 4.90 Å². The quantitative estimate of drug-likeness (QED) is 0.312. The molecule has 29 heavy (non-hydrogen) atoms. The van der Waals surface area contributed by atoms with E-state index in [1.165, 1.54) is 9.87 Å². The van der Waals surface area contributed by atoms with E-state index in [9.17, 15) is 8.42 Å². The predicted molar refractivity (Wildman–Crippen MR) is 130 cm³/mol. The molecule has 0 heterocycles. The predicted octanol–water partition coefficient (Wildman–Crippen LogP) is 3.24. The van der Waals surface area contributed by atoms with Gasteiger partial charge in [0.1, 0.15) is 0 Å². The van der Waals surface area contributed by atoms with Crippen molar-refractivity contribution in [2.45, 2.75) is 37.8 Å². The van der Waals surface area contributed by atoms with Crippen molar-refractivity contribution in [1.82, 2.24) is 14.9 Å². The molecule has 0 saturated carbocycles. The molecular weight excluding hydrogens is 499 g/mol. The van der Waals surface area contributed by atoms with Gasteiger partial charge in [0.15, 0.2) is 5.96 Å². The van der Waals surface area contributed by atoms with E-state index >= 15 is 0 Å². The molecule has 160 valence electrons. The van der Waals surface area contributed by atoms with Gasteiger partial charge in [-0.2, -0.15) is 4.31 Å². The zero-order valence-electron chi connectivity index (χ0n) is 17.4. The van der Waals surface area contributed by atoms with Crippen LogP contribution in [0.2, 0.25) is 0 Å². The zero-order chi connectivity index (χ0) is 20.6. The second-order valence-corrected chi connectivity index (χ2v) is 8.84. The van der Waals surface area contributed by atoms with Crippen LogP contribution >= 0.6 is 24.0 Å². The third-order valence-corrected chi connectivity index (χ3v) is 6.61. The molecule has 0 fully saturated rings. The highest BCUT2D eigenvalue weighted by Gasteiger charge is 2.22. The third-order valence-electron chi connectivity index (χ3n) is 4.56. The Morgan fingerprint density at radius 1 is 1.00 bits per heavy atom. The lowest BCUT2D eigenvalue weighted by Crippen LogP contribution is -2.37. The van der Waals surface area contributed by atoms with Crippen LogP contribution in [0, 0.1) is 0 Å². The minimum absolute atomic E-state index is 0. The first kappa shape index (κ1) is 25.4. The Morgan fingerprint density at radius 2 is 1.62 bits per heavy atom. The summed E-state index contributed by atoms with van der Waals surface area (Å²) in [6.07, 6.45) is 0.914. The van der Waals surface area contributed by atoms with Gasteiger partial charge in [-0.25, -0.2) is 8.42 Å². The average molecular weight is 530 g/mol. The van der Waals surface area contributed by atoms with Crippen molar-refractivity contribution in [3.05, 3.63) is 65.7 Å². The maximum absolute atomic E-state index is 12.5. The summed E-state index contributed by atoms with van der Waals surface area (Å²) < 4.78 is 26.4. The largest absolute Gasteiger partial charge is 0.356 e. The number of nitrogens with one attached hydrogen (secondary N) is 2. The Morgan fingerprint density at radius 3 is 2.17 bits per heavy atom. The molecule has 0 amide bonds. The Hall–Kier alpha value is -1.65. The van der Waals surface area contributed by atoms with Crippen LogP contribution in [-0.2, 0) is 23.0 Å². The highest BCUT2D eigenvalue weighted by atomic mass is 127. The van der Waals surface area contributed by atoms with Gasteiger partial charge in [0, 0.05) is 33.2 Å². The second kappa shape index (κ2) is 12.1. The highest BCUT2D eigenvalue weighted by molar-refractivity contribution is 14.0. The molecule has 0 aromatic heterocycles. The second-order valence-electron chi connectivity index (χ2n) is 6.85. The molecule has 0 radical (unpaired) electrons. The summed E-state index contributed by atoms with van der Waals surface area (Å²) in [6.45, 7) is 5.05. The van der Waals surface area contributed by atoms with E-state index < -0.39 is 10.0 Å². The summed E-state index contributed by atoms with van der Waals surface area (Å²) in [5, 5.41) is 6.54. The SMILES string of the molecule is CN=C(NCCc1ccccc1)NCc1ccc(S(=O)(=O)N(C)C(C)C)cc1.I. The first-order valence-corrected chi connectivity index (χ1v) is 10.8. The summed E-state index contributed by atoms with van der Waals surface area (Å²) >= 11 is 0. The minimum Gasteiger partial charge on any atom is -0.356 e. The topological polar surface area (TPSA) is 73.8 Å². The van der Waals surface area contributed by atoms with Gasteiger partial charge in [-0.05, 0) is 43.5 Å². The molecule has 0 aliphatic heterocycles. The molecule has 8 heteroatoms. The first-order valence-electron chi connectivity index (χ1n) is 9.40. The summed E-state index contributed by atoms with van der Waals surface area (Å²) in [6, 6.07) is 17.1. The van der Waals surface area contributed by atoms with Crippen LogP contribution in [0.3, 0.4) is 0 Å². The minimum atomic E-state index is -3.45.